The zero-order valence-electron chi connectivity index (χ0n) is 13.1. The number of anilines is 2. The van der Waals surface area contributed by atoms with Gasteiger partial charge in [-0.1, -0.05) is 6.07 Å². The third kappa shape index (κ3) is 2.20. The van der Waals surface area contributed by atoms with Gasteiger partial charge in [0.2, 0.25) is 5.95 Å². The summed E-state index contributed by atoms with van der Waals surface area (Å²) in [7, 11) is 0. The summed E-state index contributed by atoms with van der Waals surface area (Å²) >= 11 is 0. The van der Waals surface area contributed by atoms with Crippen molar-refractivity contribution in [3.8, 4) is 11.3 Å². The summed E-state index contributed by atoms with van der Waals surface area (Å²) in [5.74, 6) is 1.06. The molecule has 2 saturated heterocycles. The third-order valence-corrected chi connectivity index (χ3v) is 4.95. The van der Waals surface area contributed by atoms with E-state index in [0.29, 0.717) is 12.1 Å². The molecule has 7 nitrogen and oxygen atoms in total. The molecular formula is C17H18N6O. The molecule has 0 spiro atoms. The number of nitrogens with one attached hydrogen (secondary N) is 2. The first-order chi connectivity index (χ1) is 11.8. The lowest BCUT2D eigenvalue weighted by Gasteiger charge is -2.21. The minimum Gasteiger partial charge on any atom is -0.373 e. The monoisotopic (exact) mass is 322 g/mol. The lowest BCUT2D eigenvalue weighted by molar-refractivity contribution is 0.102. The second-order valence-corrected chi connectivity index (χ2v) is 6.49. The number of hydrogen-bond acceptors (Lipinski definition) is 6. The smallest absolute Gasteiger partial charge is 0.222 e. The fourth-order valence-electron chi connectivity index (χ4n) is 3.81. The van der Waals surface area contributed by atoms with E-state index in [9.17, 15) is 0 Å². The van der Waals surface area contributed by atoms with Gasteiger partial charge in [0.15, 0.2) is 0 Å². The number of H-pyrrole nitrogens is 1. The van der Waals surface area contributed by atoms with Crippen LogP contribution in [-0.4, -0.2) is 38.4 Å². The van der Waals surface area contributed by atoms with Gasteiger partial charge in [-0.05, 0) is 37.5 Å². The molecule has 2 aromatic heterocycles. The van der Waals surface area contributed by atoms with Gasteiger partial charge in [-0.25, -0.2) is 4.98 Å². The number of fused-ring (bicyclic) bond motifs is 3. The molecule has 3 aromatic rings. The number of nitrogen functional groups attached to an aromatic ring is 1. The third-order valence-electron chi connectivity index (χ3n) is 4.95. The van der Waals surface area contributed by atoms with Crippen LogP contribution in [-0.2, 0) is 4.74 Å². The summed E-state index contributed by atoms with van der Waals surface area (Å²) in [4.78, 5) is 8.81. The SMILES string of the molecule is Nc1nc(N[C@@H]2C[C@@H]3CC[C@H]2O3)c2ccc(-c3ccn[nH]3)cc2n1. The number of benzene rings is 1. The molecule has 0 saturated carbocycles. The fourth-order valence-corrected chi connectivity index (χ4v) is 3.81. The van der Waals surface area contributed by atoms with Crippen LogP contribution in [0, 0.1) is 0 Å². The van der Waals surface area contributed by atoms with Crippen LogP contribution >= 0.6 is 0 Å². The standard InChI is InChI=1S/C17H18N6O/c18-17-21-13-7-9(12-5-6-19-23-12)1-3-11(13)16(22-17)20-14-8-10-2-4-15(14)24-10/h1,3,5-7,10,14-15H,2,4,8H2,(H,19,23)(H3,18,20,21,22)/t10-,14+,15+/m0/s1. The molecule has 0 aliphatic carbocycles. The van der Waals surface area contributed by atoms with E-state index in [1.54, 1.807) is 6.20 Å². The Hall–Kier alpha value is -2.67. The molecule has 0 amide bonds. The molecular weight excluding hydrogens is 304 g/mol. The van der Waals surface area contributed by atoms with Gasteiger partial charge in [-0.15, -0.1) is 0 Å². The number of aromatic nitrogens is 4. The maximum Gasteiger partial charge on any atom is 0.222 e. The van der Waals surface area contributed by atoms with E-state index in [-0.39, 0.29) is 12.1 Å². The lowest BCUT2D eigenvalue weighted by atomic mass is 9.95. The van der Waals surface area contributed by atoms with Gasteiger partial charge in [0.05, 0.1) is 29.5 Å². The Bertz CT molecular complexity index is 893. The van der Waals surface area contributed by atoms with Crippen LogP contribution in [0.3, 0.4) is 0 Å². The second kappa shape index (κ2) is 5.17. The summed E-state index contributed by atoms with van der Waals surface area (Å²) < 4.78 is 5.92. The second-order valence-electron chi connectivity index (χ2n) is 6.49. The van der Waals surface area contributed by atoms with Crippen molar-refractivity contribution < 1.29 is 4.74 Å². The topological polar surface area (TPSA) is 102 Å². The molecule has 2 bridgehead atoms. The zero-order chi connectivity index (χ0) is 16.1. The van der Waals surface area contributed by atoms with Crippen molar-refractivity contribution in [2.24, 2.45) is 0 Å². The molecule has 0 unspecified atom stereocenters. The van der Waals surface area contributed by atoms with Crippen molar-refractivity contribution in [3.63, 3.8) is 0 Å². The van der Waals surface area contributed by atoms with Crippen LogP contribution < -0.4 is 11.1 Å². The number of aromatic amines is 1. The van der Waals surface area contributed by atoms with E-state index >= 15 is 0 Å². The first kappa shape index (κ1) is 13.7. The van der Waals surface area contributed by atoms with Crippen molar-refractivity contribution in [2.75, 3.05) is 11.1 Å². The van der Waals surface area contributed by atoms with Crippen LogP contribution in [0.2, 0.25) is 0 Å². The lowest BCUT2D eigenvalue weighted by Crippen LogP contribution is -2.31. The molecule has 1 aromatic carbocycles. The summed E-state index contributed by atoms with van der Waals surface area (Å²) in [6.07, 6.45) is 5.72. The van der Waals surface area contributed by atoms with Crippen molar-refractivity contribution in [3.05, 3.63) is 30.5 Å². The summed E-state index contributed by atoms with van der Waals surface area (Å²) in [5, 5.41) is 11.5. The maximum atomic E-state index is 5.93. The molecule has 122 valence electrons. The van der Waals surface area contributed by atoms with E-state index in [2.05, 4.69) is 25.5 Å². The van der Waals surface area contributed by atoms with E-state index in [4.69, 9.17) is 10.5 Å². The van der Waals surface area contributed by atoms with Crippen molar-refractivity contribution >= 4 is 22.7 Å². The Morgan fingerprint density at radius 3 is 2.92 bits per heavy atom. The Labute approximate surface area is 138 Å². The maximum absolute atomic E-state index is 5.93. The number of ether oxygens (including phenoxy) is 1. The molecule has 2 aliphatic rings. The molecule has 2 aliphatic heterocycles. The van der Waals surface area contributed by atoms with E-state index in [1.165, 1.54) is 6.42 Å². The normalized spacial score (nSPS) is 25.4. The van der Waals surface area contributed by atoms with Gasteiger partial charge in [0.1, 0.15) is 5.82 Å². The Morgan fingerprint density at radius 1 is 1.21 bits per heavy atom. The molecule has 4 N–H and O–H groups in total. The molecule has 7 heteroatoms. The minimum atomic E-state index is 0.274. The minimum absolute atomic E-state index is 0.274. The van der Waals surface area contributed by atoms with Crippen molar-refractivity contribution in [1.29, 1.82) is 0 Å². The summed E-state index contributed by atoms with van der Waals surface area (Å²) in [5.41, 5.74) is 8.72. The highest BCUT2D eigenvalue weighted by atomic mass is 16.5. The van der Waals surface area contributed by atoms with Gasteiger partial charge in [-0.3, -0.25) is 5.10 Å². The number of rotatable bonds is 3. The van der Waals surface area contributed by atoms with Crippen LogP contribution in [0.25, 0.3) is 22.2 Å². The van der Waals surface area contributed by atoms with E-state index < -0.39 is 0 Å². The highest BCUT2D eigenvalue weighted by Gasteiger charge is 2.41. The van der Waals surface area contributed by atoms with Gasteiger partial charge in [0, 0.05) is 17.1 Å². The number of nitrogens with zero attached hydrogens (tertiary/aromatic N) is 3. The Balaban J connectivity index is 1.53. The predicted octanol–water partition coefficient (Wildman–Crippen LogP) is 2.33. The quantitative estimate of drug-likeness (QED) is 0.684. The van der Waals surface area contributed by atoms with Crippen LogP contribution in [0.5, 0.6) is 0 Å². The molecule has 0 radical (unpaired) electrons. The average molecular weight is 322 g/mol. The van der Waals surface area contributed by atoms with Gasteiger partial charge < -0.3 is 15.8 Å². The molecule has 2 fully saturated rings. The first-order valence-corrected chi connectivity index (χ1v) is 8.25. The highest BCUT2D eigenvalue weighted by molar-refractivity contribution is 5.92. The van der Waals surface area contributed by atoms with Crippen LogP contribution in [0.4, 0.5) is 11.8 Å². The largest absolute Gasteiger partial charge is 0.373 e. The van der Waals surface area contributed by atoms with Crippen LogP contribution in [0.15, 0.2) is 30.5 Å². The van der Waals surface area contributed by atoms with Gasteiger partial charge in [-0.2, -0.15) is 10.1 Å². The highest BCUT2D eigenvalue weighted by Crippen LogP contribution is 2.37. The Morgan fingerprint density at radius 2 is 2.17 bits per heavy atom. The number of nitrogens with two attached hydrogens (primary N) is 1. The molecule has 4 heterocycles. The van der Waals surface area contributed by atoms with E-state index in [0.717, 1.165) is 40.8 Å². The van der Waals surface area contributed by atoms with Crippen molar-refractivity contribution in [2.45, 2.75) is 37.5 Å². The molecule has 24 heavy (non-hydrogen) atoms. The number of hydrogen-bond donors (Lipinski definition) is 3. The van der Waals surface area contributed by atoms with Crippen molar-refractivity contribution in [1.82, 2.24) is 20.2 Å². The summed E-state index contributed by atoms with van der Waals surface area (Å²) in [6, 6.07) is 8.30. The fraction of sp³-hybridized carbons (Fsp3) is 0.353. The Kier molecular flexibility index (Phi) is 2.96. The van der Waals surface area contributed by atoms with E-state index in [1.807, 2.05) is 24.3 Å². The predicted molar refractivity (Wildman–Crippen MR) is 91.5 cm³/mol. The molecule has 5 rings (SSSR count). The van der Waals surface area contributed by atoms with Gasteiger partial charge >= 0.3 is 0 Å². The molecule has 3 atom stereocenters. The average Bonchev–Trinajstić information content (AvgIpc) is 3.32. The summed E-state index contributed by atoms with van der Waals surface area (Å²) in [6.45, 7) is 0. The van der Waals surface area contributed by atoms with Gasteiger partial charge in [0.25, 0.3) is 0 Å². The zero-order valence-corrected chi connectivity index (χ0v) is 13.1. The van der Waals surface area contributed by atoms with Crippen LogP contribution in [0.1, 0.15) is 19.3 Å². The first-order valence-electron chi connectivity index (χ1n) is 8.25.